The minimum absolute atomic E-state index is 0.0769. The molecule has 0 aliphatic carbocycles. The number of hydrogen-bond donors (Lipinski definition) is 2. The number of hydrogen-bond acceptors (Lipinski definition) is 5. The predicted molar refractivity (Wildman–Crippen MR) is 93.5 cm³/mol. The molecule has 0 amide bonds. The molecule has 0 aliphatic rings. The number of halogens is 1. The summed E-state index contributed by atoms with van der Waals surface area (Å²) < 4.78 is 29.5. The topological polar surface area (TPSA) is 88.0 Å². The van der Waals surface area contributed by atoms with Crippen molar-refractivity contribution in [2.75, 3.05) is 7.11 Å². The van der Waals surface area contributed by atoms with E-state index in [1.54, 1.807) is 19.1 Å². The zero-order valence-electron chi connectivity index (χ0n) is 13.4. The molecule has 0 spiro atoms. The van der Waals surface area contributed by atoms with Crippen LogP contribution in [0.25, 0.3) is 0 Å². The molecule has 0 unspecified atom stereocenters. The van der Waals surface area contributed by atoms with Crippen molar-refractivity contribution in [2.45, 2.75) is 18.7 Å². The van der Waals surface area contributed by atoms with Gasteiger partial charge in [-0.25, -0.2) is 4.83 Å². The van der Waals surface area contributed by atoms with Gasteiger partial charge in [0.05, 0.1) is 23.2 Å². The van der Waals surface area contributed by atoms with E-state index in [1.165, 1.54) is 31.5 Å². The number of aryl methyl sites for hydroxylation is 2. The molecule has 0 fully saturated rings. The van der Waals surface area contributed by atoms with Gasteiger partial charge in [-0.15, -0.1) is 0 Å². The van der Waals surface area contributed by atoms with E-state index in [1.807, 2.05) is 6.92 Å². The Morgan fingerprint density at radius 1 is 1.25 bits per heavy atom. The third-order valence-electron chi connectivity index (χ3n) is 3.28. The van der Waals surface area contributed by atoms with Crippen molar-refractivity contribution in [3.8, 4) is 11.5 Å². The summed E-state index contributed by atoms with van der Waals surface area (Å²) in [6.45, 7) is 3.60. The van der Waals surface area contributed by atoms with E-state index in [0.29, 0.717) is 11.1 Å². The number of nitrogens with zero attached hydrogens (tertiary/aromatic N) is 1. The molecule has 0 radical (unpaired) electrons. The molecular formula is C16H17ClN2O4S. The molecule has 24 heavy (non-hydrogen) atoms. The van der Waals surface area contributed by atoms with Crippen LogP contribution in [0.2, 0.25) is 5.02 Å². The molecule has 6 nitrogen and oxygen atoms in total. The first-order chi connectivity index (χ1) is 11.2. The molecule has 8 heteroatoms. The summed E-state index contributed by atoms with van der Waals surface area (Å²) in [7, 11) is -2.39. The Kier molecular flexibility index (Phi) is 5.36. The maximum absolute atomic E-state index is 12.3. The van der Waals surface area contributed by atoms with E-state index in [9.17, 15) is 13.5 Å². The van der Waals surface area contributed by atoms with Crippen LogP contribution in [0, 0.1) is 13.8 Å². The van der Waals surface area contributed by atoms with Crippen molar-refractivity contribution < 1.29 is 18.3 Å². The summed E-state index contributed by atoms with van der Waals surface area (Å²) in [4.78, 5) is 2.31. The van der Waals surface area contributed by atoms with Crippen molar-refractivity contribution in [1.29, 1.82) is 0 Å². The van der Waals surface area contributed by atoms with E-state index >= 15 is 0 Å². The molecular weight excluding hydrogens is 352 g/mol. The molecule has 0 atom stereocenters. The van der Waals surface area contributed by atoms with Gasteiger partial charge < -0.3 is 9.84 Å². The summed E-state index contributed by atoms with van der Waals surface area (Å²) in [6.07, 6.45) is 1.27. The van der Waals surface area contributed by atoms with Gasteiger partial charge in [-0.05, 0) is 43.2 Å². The van der Waals surface area contributed by atoms with Crippen molar-refractivity contribution >= 4 is 27.8 Å². The van der Waals surface area contributed by atoms with Crippen LogP contribution in [0.4, 0.5) is 0 Å². The van der Waals surface area contributed by atoms with Gasteiger partial charge in [0, 0.05) is 0 Å². The quantitative estimate of drug-likeness (QED) is 0.627. The van der Waals surface area contributed by atoms with Gasteiger partial charge in [-0.3, -0.25) is 0 Å². The Bertz CT molecular complexity index is 895. The standard InChI is InChI=1S/C16H17ClN2O4S/c1-10-4-5-15(11(2)6-10)24(21,22)19-18-9-12-7-13(17)16(20)14(8-12)23-3/h4-9,19-20H,1-3H3/b18-9+. The highest BCUT2D eigenvalue weighted by molar-refractivity contribution is 7.89. The second-order valence-corrected chi connectivity index (χ2v) is 7.21. The Balaban J connectivity index is 2.23. The fourth-order valence-corrected chi connectivity index (χ4v) is 3.38. The molecule has 0 heterocycles. The van der Waals surface area contributed by atoms with Crippen LogP contribution in [-0.2, 0) is 10.0 Å². The van der Waals surface area contributed by atoms with Crippen LogP contribution in [0.5, 0.6) is 11.5 Å². The molecule has 0 saturated heterocycles. The van der Waals surface area contributed by atoms with Gasteiger partial charge in [0.2, 0.25) is 0 Å². The summed E-state index contributed by atoms with van der Waals surface area (Å²) in [5, 5.41) is 13.5. The third kappa shape index (κ3) is 3.98. The third-order valence-corrected chi connectivity index (χ3v) is 4.95. The van der Waals surface area contributed by atoms with Crippen LogP contribution in [0.3, 0.4) is 0 Å². The van der Waals surface area contributed by atoms with Crippen molar-refractivity contribution in [2.24, 2.45) is 5.10 Å². The van der Waals surface area contributed by atoms with E-state index in [4.69, 9.17) is 16.3 Å². The largest absolute Gasteiger partial charge is 0.503 e. The number of sulfonamides is 1. The van der Waals surface area contributed by atoms with Crippen LogP contribution in [-0.4, -0.2) is 26.8 Å². The van der Waals surface area contributed by atoms with E-state index in [-0.39, 0.29) is 21.4 Å². The first kappa shape index (κ1) is 18.1. The molecule has 0 aromatic heterocycles. The molecule has 0 saturated carbocycles. The SMILES string of the molecule is COc1cc(/C=N/NS(=O)(=O)c2ccc(C)cc2C)cc(Cl)c1O. The average Bonchev–Trinajstić information content (AvgIpc) is 2.50. The first-order valence-electron chi connectivity index (χ1n) is 6.93. The molecule has 2 rings (SSSR count). The number of phenols is 1. The Morgan fingerprint density at radius 2 is 1.96 bits per heavy atom. The molecule has 2 N–H and O–H groups in total. The first-order valence-corrected chi connectivity index (χ1v) is 8.79. The molecule has 2 aromatic rings. The molecule has 0 aliphatic heterocycles. The zero-order valence-corrected chi connectivity index (χ0v) is 14.9. The second-order valence-electron chi connectivity index (χ2n) is 5.18. The molecule has 128 valence electrons. The second kappa shape index (κ2) is 7.11. The van der Waals surface area contributed by atoms with Gasteiger partial charge in [0.15, 0.2) is 11.5 Å². The van der Waals surface area contributed by atoms with Crippen LogP contribution in [0.1, 0.15) is 16.7 Å². The summed E-state index contributed by atoms with van der Waals surface area (Å²) in [5.41, 5.74) is 2.07. The highest BCUT2D eigenvalue weighted by Gasteiger charge is 2.15. The molecule has 2 aromatic carbocycles. The van der Waals surface area contributed by atoms with Crippen molar-refractivity contribution in [3.05, 3.63) is 52.0 Å². The minimum atomic E-state index is -3.77. The van der Waals surface area contributed by atoms with Crippen LogP contribution >= 0.6 is 11.6 Å². The van der Waals surface area contributed by atoms with Crippen LogP contribution in [0.15, 0.2) is 40.3 Å². The fraction of sp³-hybridized carbons (Fsp3) is 0.188. The number of rotatable bonds is 5. The van der Waals surface area contributed by atoms with Crippen molar-refractivity contribution in [3.63, 3.8) is 0 Å². The van der Waals surface area contributed by atoms with E-state index in [0.717, 1.165) is 5.56 Å². The summed E-state index contributed by atoms with van der Waals surface area (Å²) in [5.74, 6) is -0.0200. The van der Waals surface area contributed by atoms with Crippen LogP contribution < -0.4 is 9.57 Å². The normalized spacial score (nSPS) is 11.7. The smallest absolute Gasteiger partial charge is 0.276 e. The van der Waals surface area contributed by atoms with E-state index in [2.05, 4.69) is 9.93 Å². The lowest BCUT2D eigenvalue weighted by Crippen LogP contribution is -2.19. The van der Waals surface area contributed by atoms with Gasteiger partial charge in [0.1, 0.15) is 0 Å². The van der Waals surface area contributed by atoms with Gasteiger partial charge in [0.25, 0.3) is 10.0 Å². The predicted octanol–water partition coefficient (Wildman–Crippen LogP) is 2.98. The average molecular weight is 369 g/mol. The number of phenolic OH excluding ortho intramolecular Hbond substituents is 1. The number of nitrogens with one attached hydrogen (secondary N) is 1. The number of ether oxygens (including phenoxy) is 1. The number of aromatic hydroxyl groups is 1. The monoisotopic (exact) mass is 368 g/mol. The van der Waals surface area contributed by atoms with Gasteiger partial charge in [-0.2, -0.15) is 13.5 Å². The fourth-order valence-electron chi connectivity index (χ4n) is 2.14. The Labute approximate surface area is 145 Å². The Hall–Kier alpha value is -2.25. The van der Waals surface area contributed by atoms with Crippen molar-refractivity contribution in [1.82, 2.24) is 4.83 Å². The zero-order chi connectivity index (χ0) is 17.9. The summed E-state index contributed by atoms with van der Waals surface area (Å²) >= 11 is 5.87. The number of methoxy groups -OCH3 is 1. The lowest BCUT2D eigenvalue weighted by atomic mass is 10.2. The summed E-state index contributed by atoms with van der Waals surface area (Å²) in [6, 6.07) is 7.95. The lowest BCUT2D eigenvalue weighted by molar-refractivity contribution is 0.373. The van der Waals surface area contributed by atoms with E-state index < -0.39 is 10.0 Å². The molecule has 0 bridgehead atoms. The maximum atomic E-state index is 12.3. The van der Waals surface area contributed by atoms with Gasteiger partial charge >= 0.3 is 0 Å². The lowest BCUT2D eigenvalue weighted by Gasteiger charge is -2.08. The highest BCUT2D eigenvalue weighted by atomic mass is 35.5. The number of benzene rings is 2. The van der Waals surface area contributed by atoms with Gasteiger partial charge in [-0.1, -0.05) is 29.3 Å². The number of hydrazone groups is 1. The minimum Gasteiger partial charge on any atom is -0.503 e. The highest BCUT2D eigenvalue weighted by Crippen LogP contribution is 2.34. The Morgan fingerprint density at radius 3 is 2.58 bits per heavy atom. The maximum Gasteiger partial charge on any atom is 0.276 e.